The Morgan fingerprint density at radius 1 is 0.895 bits per heavy atom. The first-order chi connectivity index (χ1) is 9.04. The zero-order chi connectivity index (χ0) is 13.8. The van der Waals surface area contributed by atoms with Crippen LogP contribution in [0.2, 0.25) is 15.1 Å². The lowest BCUT2D eigenvalue weighted by Crippen LogP contribution is -2.07. The topological polar surface area (TPSA) is 17.1 Å². The van der Waals surface area contributed by atoms with Crippen molar-refractivity contribution in [2.75, 3.05) is 0 Å². The van der Waals surface area contributed by atoms with Gasteiger partial charge < -0.3 is 0 Å². The SMILES string of the molecule is O=C(Cc1cccc(Cl)c1)Cc1cc(Cl)ccc1Cl. The maximum atomic E-state index is 12.0. The van der Waals surface area contributed by atoms with Gasteiger partial charge in [0.05, 0.1) is 0 Å². The molecule has 0 aliphatic rings. The van der Waals surface area contributed by atoms with Crippen LogP contribution in [0.25, 0.3) is 0 Å². The molecule has 0 fully saturated rings. The molecule has 4 heteroatoms. The summed E-state index contributed by atoms with van der Waals surface area (Å²) in [6.07, 6.45) is 0.606. The summed E-state index contributed by atoms with van der Waals surface area (Å²) in [6.45, 7) is 0. The summed E-state index contributed by atoms with van der Waals surface area (Å²) in [6, 6.07) is 12.4. The Balaban J connectivity index is 2.07. The number of Topliss-reactive ketones (excluding diaryl/α,β-unsaturated/α-hetero) is 1. The van der Waals surface area contributed by atoms with Crippen molar-refractivity contribution in [3.05, 3.63) is 68.7 Å². The monoisotopic (exact) mass is 312 g/mol. The van der Waals surface area contributed by atoms with Gasteiger partial charge in [-0.2, -0.15) is 0 Å². The molecule has 0 unspecified atom stereocenters. The fourth-order valence-corrected chi connectivity index (χ4v) is 2.42. The molecule has 0 amide bonds. The summed E-state index contributed by atoms with van der Waals surface area (Å²) in [7, 11) is 0. The number of rotatable bonds is 4. The number of halogens is 3. The van der Waals surface area contributed by atoms with Gasteiger partial charge in [0.25, 0.3) is 0 Å². The second-order valence-corrected chi connectivity index (χ2v) is 5.54. The fraction of sp³-hybridized carbons (Fsp3) is 0.133. The van der Waals surface area contributed by atoms with E-state index in [1.165, 1.54) is 0 Å². The Kier molecular flexibility index (Phi) is 4.87. The Morgan fingerprint density at radius 3 is 2.37 bits per heavy atom. The number of carbonyl (C=O) groups is 1. The lowest BCUT2D eigenvalue weighted by Gasteiger charge is -2.05. The number of hydrogen-bond acceptors (Lipinski definition) is 1. The second kappa shape index (κ2) is 6.42. The first-order valence-electron chi connectivity index (χ1n) is 5.74. The van der Waals surface area contributed by atoms with E-state index in [2.05, 4.69) is 0 Å². The molecule has 98 valence electrons. The van der Waals surface area contributed by atoms with Crippen molar-refractivity contribution < 1.29 is 4.79 Å². The maximum Gasteiger partial charge on any atom is 0.141 e. The Labute approximate surface area is 127 Å². The molecule has 2 aromatic carbocycles. The van der Waals surface area contributed by atoms with E-state index in [0.717, 1.165) is 11.1 Å². The van der Waals surface area contributed by atoms with Gasteiger partial charge in [-0.15, -0.1) is 0 Å². The van der Waals surface area contributed by atoms with Crippen LogP contribution in [0.3, 0.4) is 0 Å². The van der Waals surface area contributed by atoms with Crippen LogP contribution in [0.1, 0.15) is 11.1 Å². The molecular formula is C15H11Cl3O. The highest BCUT2D eigenvalue weighted by Gasteiger charge is 2.09. The van der Waals surface area contributed by atoms with E-state index in [0.29, 0.717) is 21.5 Å². The van der Waals surface area contributed by atoms with Crippen LogP contribution >= 0.6 is 34.8 Å². The Hall–Kier alpha value is -1.02. The van der Waals surface area contributed by atoms with Gasteiger partial charge in [0.2, 0.25) is 0 Å². The van der Waals surface area contributed by atoms with Crippen molar-refractivity contribution in [3.8, 4) is 0 Å². The van der Waals surface area contributed by atoms with Gasteiger partial charge in [0.1, 0.15) is 5.78 Å². The summed E-state index contributed by atoms with van der Waals surface area (Å²) in [5, 5.41) is 1.77. The molecule has 0 aliphatic carbocycles. The highest BCUT2D eigenvalue weighted by molar-refractivity contribution is 6.33. The summed E-state index contributed by atoms with van der Waals surface area (Å²) >= 11 is 17.8. The molecule has 0 aromatic heterocycles. The highest BCUT2D eigenvalue weighted by Crippen LogP contribution is 2.22. The molecule has 0 aliphatic heterocycles. The number of benzene rings is 2. The molecule has 0 heterocycles. The lowest BCUT2D eigenvalue weighted by molar-refractivity contribution is -0.117. The highest BCUT2D eigenvalue weighted by atomic mass is 35.5. The Morgan fingerprint density at radius 2 is 1.63 bits per heavy atom. The van der Waals surface area contributed by atoms with Gasteiger partial charge in [0, 0.05) is 27.9 Å². The predicted molar refractivity (Wildman–Crippen MR) is 80.3 cm³/mol. The minimum Gasteiger partial charge on any atom is -0.299 e. The van der Waals surface area contributed by atoms with Gasteiger partial charge in [-0.3, -0.25) is 4.79 Å². The van der Waals surface area contributed by atoms with Gasteiger partial charge in [-0.25, -0.2) is 0 Å². The summed E-state index contributed by atoms with van der Waals surface area (Å²) in [5.41, 5.74) is 1.65. The van der Waals surface area contributed by atoms with Crippen molar-refractivity contribution >= 4 is 40.6 Å². The van der Waals surface area contributed by atoms with E-state index < -0.39 is 0 Å². The second-order valence-electron chi connectivity index (χ2n) is 4.26. The van der Waals surface area contributed by atoms with Crippen LogP contribution < -0.4 is 0 Å². The number of ketones is 1. The largest absolute Gasteiger partial charge is 0.299 e. The van der Waals surface area contributed by atoms with Gasteiger partial charge in [0.15, 0.2) is 0 Å². The molecule has 19 heavy (non-hydrogen) atoms. The molecule has 0 saturated carbocycles. The van der Waals surface area contributed by atoms with Crippen LogP contribution in [0, 0.1) is 0 Å². The molecule has 0 atom stereocenters. The third-order valence-corrected chi connectivity index (χ3v) is 3.52. The predicted octanol–water partition coefficient (Wildman–Crippen LogP) is 5.00. The first kappa shape index (κ1) is 14.4. The minimum atomic E-state index is 0.0754. The van der Waals surface area contributed by atoms with Crippen LogP contribution in [-0.2, 0) is 17.6 Å². The summed E-state index contributed by atoms with van der Waals surface area (Å²) in [5.74, 6) is 0.0754. The van der Waals surface area contributed by atoms with Crippen molar-refractivity contribution in [1.82, 2.24) is 0 Å². The lowest BCUT2D eigenvalue weighted by atomic mass is 10.0. The molecule has 2 aromatic rings. The van der Waals surface area contributed by atoms with Crippen molar-refractivity contribution in [2.45, 2.75) is 12.8 Å². The van der Waals surface area contributed by atoms with Gasteiger partial charge in [-0.1, -0.05) is 46.9 Å². The van der Waals surface area contributed by atoms with E-state index in [-0.39, 0.29) is 12.2 Å². The van der Waals surface area contributed by atoms with E-state index in [1.54, 1.807) is 30.3 Å². The summed E-state index contributed by atoms with van der Waals surface area (Å²) < 4.78 is 0. The van der Waals surface area contributed by atoms with Crippen molar-refractivity contribution in [2.24, 2.45) is 0 Å². The van der Waals surface area contributed by atoms with E-state index >= 15 is 0 Å². The fourth-order valence-electron chi connectivity index (χ4n) is 1.83. The van der Waals surface area contributed by atoms with Crippen LogP contribution in [0.5, 0.6) is 0 Å². The molecular weight excluding hydrogens is 303 g/mol. The average molecular weight is 314 g/mol. The van der Waals surface area contributed by atoms with E-state index in [9.17, 15) is 4.79 Å². The minimum absolute atomic E-state index is 0.0754. The van der Waals surface area contributed by atoms with E-state index in [1.807, 2.05) is 12.1 Å². The molecule has 2 rings (SSSR count). The van der Waals surface area contributed by atoms with Crippen LogP contribution in [0.4, 0.5) is 0 Å². The maximum absolute atomic E-state index is 12.0. The first-order valence-corrected chi connectivity index (χ1v) is 6.88. The average Bonchev–Trinajstić information content (AvgIpc) is 2.34. The van der Waals surface area contributed by atoms with E-state index in [4.69, 9.17) is 34.8 Å². The third-order valence-electron chi connectivity index (χ3n) is 2.69. The number of hydrogen-bond donors (Lipinski definition) is 0. The summed E-state index contributed by atoms with van der Waals surface area (Å²) in [4.78, 5) is 12.0. The smallest absolute Gasteiger partial charge is 0.141 e. The standard InChI is InChI=1S/C15H11Cl3O/c16-12-3-1-2-10(6-12)7-14(19)9-11-8-13(17)4-5-15(11)18/h1-6,8H,7,9H2. The number of carbonyl (C=O) groups excluding carboxylic acids is 1. The van der Waals surface area contributed by atoms with Gasteiger partial charge >= 0.3 is 0 Å². The Bertz CT molecular complexity index is 608. The van der Waals surface area contributed by atoms with Crippen LogP contribution in [-0.4, -0.2) is 5.78 Å². The molecule has 1 nitrogen and oxygen atoms in total. The third kappa shape index (κ3) is 4.24. The van der Waals surface area contributed by atoms with Crippen molar-refractivity contribution in [3.63, 3.8) is 0 Å². The van der Waals surface area contributed by atoms with Crippen molar-refractivity contribution in [1.29, 1.82) is 0 Å². The quantitative estimate of drug-likeness (QED) is 0.776. The molecule has 0 spiro atoms. The van der Waals surface area contributed by atoms with Gasteiger partial charge in [-0.05, 0) is 41.5 Å². The molecule has 0 radical (unpaired) electrons. The zero-order valence-electron chi connectivity index (χ0n) is 10.00. The zero-order valence-corrected chi connectivity index (χ0v) is 12.3. The normalized spacial score (nSPS) is 10.5. The molecule has 0 N–H and O–H groups in total. The van der Waals surface area contributed by atoms with Crippen LogP contribution in [0.15, 0.2) is 42.5 Å². The molecule has 0 saturated heterocycles. The molecule has 0 bridgehead atoms.